The maximum Gasteiger partial charge on any atom is 0.408 e. The van der Waals surface area contributed by atoms with Crippen LogP contribution >= 0.6 is 0 Å². The molecule has 3 rings (SSSR count). The Morgan fingerprint density at radius 1 is 0.905 bits per heavy atom. The molecule has 8 heteroatoms. The SMILES string of the molecule is CCC(C)N(C(=O)C(Cc1ccc(O)cc1)NC(=O)OC(C)(C)C)C(C(=O)NCc1ccccc1)c1ccc(C)cc1. The van der Waals surface area contributed by atoms with E-state index in [1.165, 1.54) is 12.1 Å². The summed E-state index contributed by atoms with van der Waals surface area (Å²) in [6.45, 7) is 11.4. The molecule has 0 aliphatic rings. The third kappa shape index (κ3) is 9.36. The molecular formula is C34H43N3O5. The molecule has 0 aromatic heterocycles. The van der Waals surface area contributed by atoms with E-state index in [1.54, 1.807) is 37.8 Å². The number of carbonyl (C=O) groups excluding carboxylic acids is 3. The fourth-order valence-electron chi connectivity index (χ4n) is 4.56. The normalized spacial score (nSPS) is 13.4. The van der Waals surface area contributed by atoms with Crippen molar-refractivity contribution in [2.45, 2.75) is 84.7 Å². The van der Waals surface area contributed by atoms with Gasteiger partial charge in [-0.1, -0.05) is 79.2 Å². The minimum Gasteiger partial charge on any atom is -0.508 e. The number of nitrogens with one attached hydrogen (secondary N) is 2. The van der Waals surface area contributed by atoms with E-state index in [0.29, 0.717) is 18.5 Å². The molecule has 224 valence electrons. The van der Waals surface area contributed by atoms with Crippen LogP contribution in [0.1, 0.15) is 69.3 Å². The number of hydrogen-bond acceptors (Lipinski definition) is 5. The first-order chi connectivity index (χ1) is 19.9. The highest BCUT2D eigenvalue weighted by Crippen LogP contribution is 2.27. The van der Waals surface area contributed by atoms with Crippen molar-refractivity contribution in [3.63, 3.8) is 0 Å². The van der Waals surface area contributed by atoms with Crippen molar-refractivity contribution < 1.29 is 24.2 Å². The van der Waals surface area contributed by atoms with E-state index in [9.17, 15) is 19.5 Å². The lowest BCUT2D eigenvalue weighted by molar-refractivity contribution is -0.145. The highest BCUT2D eigenvalue weighted by atomic mass is 16.6. The van der Waals surface area contributed by atoms with E-state index in [2.05, 4.69) is 10.6 Å². The molecule has 3 aromatic carbocycles. The lowest BCUT2D eigenvalue weighted by Gasteiger charge is -2.38. The maximum atomic E-state index is 14.5. The number of ether oxygens (including phenoxy) is 1. The van der Waals surface area contributed by atoms with Gasteiger partial charge in [0.2, 0.25) is 11.8 Å². The zero-order chi connectivity index (χ0) is 30.9. The van der Waals surface area contributed by atoms with Crippen molar-refractivity contribution in [1.82, 2.24) is 15.5 Å². The highest BCUT2D eigenvalue weighted by Gasteiger charge is 2.38. The van der Waals surface area contributed by atoms with Crippen LogP contribution in [0.2, 0.25) is 0 Å². The minimum absolute atomic E-state index is 0.0949. The molecule has 0 saturated heterocycles. The third-order valence-electron chi connectivity index (χ3n) is 6.91. The second-order valence-electron chi connectivity index (χ2n) is 11.6. The van der Waals surface area contributed by atoms with Crippen LogP contribution in [0.5, 0.6) is 5.75 Å². The van der Waals surface area contributed by atoms with Gasteiger partial charge in [-0.15, -0.1) is 0 Å². The molecule has 0 saturated carbocycles. The van der Waals surface area contributed by atoms with E-state index in [-0.39, 0.29) is 24.1 Å². The molecule has 8 nitrogen and oxygen atoms in total. The summed E-state index contributed by atoms with van der Waals surface area (Å²) in [7, 11) is 0. The van der Waals surface area contributed by atoms with Gasteiger partial charge in [0, 0.05) is 19.0 Å². The average Bonchev–Trinajstić information content (AvgIpc) is 2.95. The first-order valence-electron chi connectivity index (χ1n) is 14.4. The summed E-state index contributed by atoms with van der Waals surface area (Å²) in [5.74, 6) is -0.641. The Bertz CT molecular complexity index is 1320. The average molecular weight is 574 g/mol. The smallest absolute Gasteiger partial charge is 0.408 e. The lowest BCUT2D eigenvalue weighted by atomic mass is 9.97. The fraction of sp³-hybridized carbons (Fsp3) is 0.382. The Balaban J connectivity index is 2.03. The number of aryl methyl sites for hydroxylation is 1. The second kappa shape index (κ2) is 14.5. The largest absolute Gasteiger partial charge is 0.508 e. The van der Waals surface area contributed by atoms with E-state index in [4.69, 9.17) is 4.74 Å². The van der Waals surface area contributed by atoms with Crippen molar-refractivity contribution in [3.8, 4) is 5.75 Å². The van der Waals surface area contributed by atoms with Gasteiger partial charge in [0.1, 0.15) is 23.4 Å². The zero-order valence-corrected chi connectivity index (χ0v) is 25.4. The lowest BCUT2D eigenvalue weighted by Crippen LogP contribution is -2.56. The molecule has 0 spiro atoms. The van der Waals surface area contributed by atoms with E-state index < -0.39 is 29.7 Å². The molecule has 0 bridgehead atoms. The van der Waals surface area contributed by atoms with Crippen LogP contribution in [0, 0.1) is 6.92 Å². The predicted octanol–water partition coefficient (Wildman–Crippen LogP) is 5.82. The molecule has 0 fully saturated rings. The van der Waals surface area contributed by atoms with Gasteiger partial charge in [-0.25, -0.2) is 4.79 Å². The number of carbonyl (C=O) groups is 3. The van der Waals surface area contributed by atoms with Crippen molar-refractivity contribution in [2.75, 3.05) is 0 Å². The van der Waals surface area contributed by atoms with Crippen LogP contribution in [0.4, 0.5) is 4.79 Å². The number of nitrogens with zero attached hydrogens (tertiary/aromatic N) is 1. The van der Waals surface area contributed by atoms with Gasteiger partial charge >= 0.3 is 6.09 Å². The van der Waals surface area contributed by atoms with Gasteiger partial charge < -0.3 is 25.4 Å². The molecule has 3 atom stereocenters. The highest BCUT2D eigenvalue weighted by molar-refractivity contribution is 5.92. The summed E-state index contributed by atoms with van der Waals surface area (Å²) in [5, 5.41) is 15.6. The maximum absolute atomic E-state index is 14.5. The van der Waals surface area contributed by atoms with Crippen LogP contribution in [0.3, 0.4) is 0 Å². The Kier molecular flexibility index (Phi) is 11.1. The van der Waals surface area contributed by atoms with Gasteiger partial charge in [0.05, 0.1) is 0 Å². The molecule has 3 aromatic rings. The van der Waals surface area contributed by atoms with Gasteiger partial charge in [-0.05, 0) is 69.9 Å². The summed E-state index contributed by atoms with van der Waals surface area (Å²) in [4.78, 5) is 43.0. The molecule has 3 N–H and O–H groups in total. The Hall–Kier alpha value is -4.33. The molecular weight excluding hydrogens is 530 g/mol. The van der Waals surface area contributed by atoms with Gasteiger partial charge in [0.15, 0.2) is 0 Å². The first-order valence-corrected chi connectivity index (χ1v) is 14.4. The standard InChI is InChI=1S/C34H43N3O5/c1-7-24(3)37(30(27-17-13-23(2)14-18-27)31(39)35-22-26-11-9-8-10-12-26)32(40)29(36-33(41)42-34(4,5)6)21-25-15-19-28(38)20-16-25/h8-20,24,29-30,38H,7,21-22H2,1-6H3,(H,35,39)(H,36,41). The summed E-state index contributed by atoms with van der Waals surface area (Å²) >= 11 is 0. The zero-order valence-electron chi connectivity index (χ0n) is 25.4. The number of benzene rings is 3. The second-order valence-corrected chi connectivity index (χ2v) is 11.6. The molecule has 3 amide bonds. The topological polar surface area (TPSA) is 108 Å². The van der Waals surface area contributed by atoms with Crippen LogP contribution in [-0.2, 0) is 27.3 Å². The van der Waals surface area contributed by atoms with Crippen LogP contribution < -0.4 is 10.6 Å². The van der Waals surface area contributed by atoms with Crippen molar-refractivity contribution >= 4 is 17.9 Å². The van der Waals surface area contributed by atoms with Crippen LogP contribution in [-0.4, -0.2) is 45.6 Å². The van der Waals surface area contributed by atoms with Crippen LogP contribution in [0.25, 0.3) is 0 Å². The van der Waals surface area contributed by atoms with Gasteiger partial charge in [-0.2, -0.15) is 0 Å². The minimum atomic E-state index is -1.03. The summed E-state index contributed by atoms with van der Waals surface area (Å²) < 4.78 is 5.49. The number of amides is 3. The Morgan fingerprint density at radius 2 is 1.52 bits per heavy atom. The molecule has 3 unspecified atom stereocenters. The Labute approximate surface area is 249 Å². The molecule has 0 aliphatic heterocycles. The Morgan fingerprint density at radius 3 is 2.10 bits per heavy atom. The summed E-state index contributed by atoms with van der Waals surface area (Å²) in [5.41, 5.74) is 2.59. The molecule has 0 radical (unpaired) electrons. The van der Waals surface area contributed by atoms with Crippen molar-refractivity contribution in [2.24, 2.45) is 0 Å². The number of phenols is 1. The number of alkyl carbamates (subject to hydrolysis) is 1. The van der Waals surface area contributed by atoms with Gasteiger partial charge in [-0.3, -0.25) is 9.59 Å². The monoisotopic (exact) mass is 573 g/mol. The molecule has 0 aliphatic carbocycles. The fourth-order valence-corrected chi connectivity index (χ4v) is 4.56. The van der Waals surface area contributed by atoms with E-state index in [0.717, 1.165) is 16.7 Å². The number of hydrogen-bond donors (Lipinski definition) is 3. The summed E-state index contributed by atoms with van der Waals surface area (Å²) in [6.07, 6.45) is -0.0140. The van der Waals surface area contributed by atoms with Crippen molar-refractivity contribution in [3.05, 3.63) is 101 Å². The van der Waals surface area contributed by atoms with Crippen molar-refractivity contribution in [1.29, 1.82) is 0 Å². The van der Waals surface area contributed by atoms with Gasteiger partial charge in [0.25, 0.3) is 0 Å². The number of rotatable bonds is 11. The number of phenolic OH excluding ortho intramolecular Hbond substituents is 1. The first kappa shape index (κ1) is 32.2. The summed E-state index contributed by atoms with van der Waals surface area (Å²) in [6, 6.07) is 21.3. The quantitative estimate of drug-likeness (QED) is 0.268. The van der Waals surface area contributed by atoms with E-state index >= 15 is 0 Å². The number of aromatic hydroxyl groups is 1. The third-order valence-corrected chi connectivity index (χ3v) is 6.91. The van der Waals surface area contributed by atoms with Crippen LogP contribution in [0.15, 0.2) is 78.9 Å². The predicted molar refractivity (Wildman–Crippen MR) is 164 cm³/mol. The molecule has 0 heterocycles. The van der Waals surface area contributed by atoms with E-state index in [1.807, 2.05) is 75.4 Å². The molecule has 42 heavy (non-hydrogen) atoms.